The summed E-state index contributed by atoms with van der Waals surface area (Å²) in [7, 11) is 0. The zero-order chi connectivity index (χ0) is 28.7. The lowest BCUT2D eigenvalue weighted by Crippen LogP contribution is -2.72. The highest BCUT2D eigenvalue weighted by atomic mass is 14.8. The van der Waals surface area contributed by atoms with Crippen LogP contribution in [0.1, 0.15) is 129 Å². The van der Waals surface area contributed by atoms with E-state index in [2.05, 4.69) is 104 Å². The molecule has 0 nitrogen and oxygen atoms in total. The van der Waals surface area contributed by atoms with Crippen molar-refractivity contribution in [1.82, 2.24) is 0 Å². The zero-order valence-electron chi connectivity index (χ0n) is 28.3. The molecule has 0 aromatic heterocycles. The van der Waals surface area contributed by atoms with Crippen LogP contribution in [0.5, 0.6) is 0 Å². The Balaban J connectivity index is 1.96. The first-order valence-electron chi connectivity index (χ1n) is 17.2. The number of allylic oxidation sites excluding steroid dienone is 1. The van der Waals surface area contributed by atoms with E-state index in [1.165, 1.54) is 37.7 Å². The maximum Gasteiger partial charge on any atom is -0.0152 e. The van der Waals surface area contributed by atoms with Crippen LogP contribution in [0.25, 0.3) is 0 Å². The molecule has 0 heteroatoms. The van der Waals surface area contributed by atoms with Crippen molar-refractivity contribution in [3.63, 3.8) is 0 Å². The highest BCUT2D eigenvalue weighted by Gasteiger charge is 2.73. The van der Waals surface area contributed by atoms with Gasteiger partial charge in [-0.25, -0.2) is 0 Å². The largest absolute Gasteiger partial charge is 0.0998 e. The van der Waals surface area contributed by atoms with Gasteiger partial charge >= 0.3 is 0 Å². The first-order valence-corrected chi connectivity index (χ1v) is 17.2. The Hall–Kier alpha value is -0.260. The van der Waals surface area contributed by atoms with Gasteiger partial charge in [-0.1, -0.05) is 115 Å². The normalized spacial score (nSPS) is 55.6. The van der Waals surface area contributed by atoms with Crippen molar-refractivity contribution in [3.05, 3.63) is 12.2 Å². The number of rotatable bonds is 5. The van der Waals surface area contributed by atoms with Crippen LogP contribution in [-0.2, 0) is 0 Å². The van der Waals surface area contributed by atoms with Crippen molar-refractivity contribution in [2.75, 3.05) is 0 Å². The molecule has 0 amide bonds. The number of hydrogen-bond acceptors (Lipinski definition) is 0. The maximum atomic E-state index is 4.59. The van der Waals surface area contributed by atoms with E-state index in [9.17, 15) is 0 Å². The molecule has 4 saturated carbocycles. The summed E-state index contributed by atoms with van der Waals surface area (Å²) < 4.78 is 0. The fourth-order valence-corrected chi connectivity index (χ4v) is 13.8. The lowest BCUT2D eigenvalue weighted by atomic mass is 9.27. The Morgan fingerprint density at radius 2 is 1.45 bits per heavy atom. The molecule has 16 unspecified atom stereocenters. The molecule has 0 bridgehead atoms. The van der Waals surface area contributed by atoms with Crippen molar-refractivity contribution in [3.8, 4) is 0 Å². The van der Waals surface area contributed by atoms with E-state index >= 15 is 0 Å². The minimum atomic E-state index is 0.349. The van der Waals surface area contributed by atoms with Crippen LogP contribution in [0.3, 0.4) is 0 Å². The second kappa shape index (κ2) is 10.2. The smallest absolute Gasteiger partial charge is 0.0152 e. The summed E-state index contributed by atoms with van der Waals surface area (Å²) >= 11 is 0. The Morgan fingerprint density at radius 3 is 1.97 bits per heavy atom. The first-order chi connectivity index (χ1) is 17.5. The van der Waals surface area contributed by atoms with Crippen molar-refractivity contribution < 1.29 is 0 Å². The molecule has 0 heterocycles. The number of hydrogen-bond donors (Lipinski definition) is 0. The van der Waals surface area contributed by atoms with Gasteiger partial charge in [-0.05, 0) is 125 Å². The average Bonchev–Trinajstić information content (AvgIpc) is 2.82. The molecule has 16 atom stereocenters. The molecule has 0 spiro atoms. The molecular weight excluding hydrogens is 456 g/mol. The van der Waals surface area contributed by atoms with Gasteiger partial charge in [-0.3, -0.25) is 0 Å². The summed E-state index contributed by atoms with van der Waals surface area (Å²) in [6.45, 7) is 41.7. The van der Waals surface area contributed by atoms with Crippen molar-refractivity contribution >= 4 is 0 Å². The molecule has 4 aliphatic rings. The van der Waals surface area contributed by atoms with Gasteiger partial charge in [-0.15, -0.1) is 0 Å². The van der Waals surface area contributed by atoms with E-state index < -0.39 is 0 Å². The minimum absolute atomic E-state index is 0.349. The second-order valence-corrected chi connectivity index (χ2v) is 17.3. The lowest BCUT2D eigenvalue weighted by molar-refractivity contribution is -0.297. The fourth-order valence-electron chi connectivity index (χ4n) is 13.8. The third-order valence-corrected chi connectivity index (χ3v) is 15.8. The molecule has 0 aromatic carbocycles. The van der Waals surface area contributed by atoms with Crippen molar-refractivity contribution in [2.45, 2.75) is 129 Å². The summed E-state index contributed by atoms with van der Waals surface area (Å²) in [5, 5.41) is 0. The fraction of sp³-hybridized carbons (Fsp3) is 0.947. The van der Waals surface area contributed by atoms with E-state index in [0.717, 1.165) is 71.0 Å². The SMILES string of the molecule is C=C(C)C1C(C)CC2(C)C(CC(C)CC)C3(C)C(C)C4C(C(C)C)CCC(C)C4C(C)C3C(C)C2(C)C1C. The van der Waals surface area contributed by atoms with Gasteiger partial charge < -0.3 is 0 Å². The molecule has 4 fully saturated rings. The Kier molecular flexibility index (Phi) is 8.26. The number of fused-ring (bicyclic) bond motifs is 3. The van der Waals surface area contributed by atoms with Crippen LogP contribution < -0.4 is 0 Å². The van der Waals surface area contributed by atoms with Crippen molar-refractivity contribution in [1.29, 1.82) is 0 Å². The van der Waals surface area contributed by atoms with E-state index in [-0.39, 0.29) is 0 Å². The summed E-state index contributed by atoms with van der Waals surface area (Å²) in [4.78, 5) is 0. The Labute approximate surface area is 240 Å². The highest BCUT2D eigenvalue weighted by Crippen LogP contribution is 2.79. The summed E-state index contributed by atoms with van der Waals surface area (Å²) in [5.74, 6) is 11.3. The van der Waals surface area contributed by atoms with Crippen LogP contribution in [0.2, 0.25) is 0 Å². The molecule has 0 radical (unpaired) electrons. The second-order valence-electron chi connectivity index (χ2n) is 17.3. The third kappa shape index (κ3) is 3.93. The molecular formula is C38H68. The quantitative estimate of drug-likeness (QED) is 0.314. The topological polar surface area (TPSA) is 0 Å². The summed E-state index contributed by atoms with van der Waals surface area (Å²) in [5.41, 5.74) is 2.58. The first kappa shape index (κ1) is 30.7. The molecule has 0 N–H and O–H groups in total. The molecule has 0 aliphatic heterocycles. The molecule has 38 heavy (non-hydrogen) atoms. The van der Waals surface area contributed by atoms with Crippen LogP contribution >= 0.6 is 0 Å². The van der Waals surface area contributed by atoms with E-state index in [0.29, 0.717) is 28.1 Å². The maximum absolute atomic E-state index is 4.59. The molecule has 0 aromatic rings. The molecule has 4 aliphatic carbocycles. The summed E-state index contributed by atoms with van der Waals surface area (Å²) in [6, 6.07) is 0. The standard InChI is InChI=1S/C38H68/c1-16-23(6)19-31-36(13)20-25(8)32(22(4)5)28(11)38(36,15)29(12)35-26(9)33-24(7)17-18-30(21(2)3)34(33)27(10)37(31,35)14/h21,23-35H,4,16-20H2,1-3,5-15H3. The predicted octanol–water partition coefficient (Wildman–Crippen LogP) is 11.4. The predicted molar refractivity (Wildman–Crippen MR) is 168 cm³/mol. The van der Waals surface area contributed by atoms with Gasteiger partial charge in [-0.2, -0.15) is 0 Å². The van der Waals surface area contributed by atoms with Gasteiger partial charge in [0.25, 0.3) is 0 Å². The highest BCUT2D eigenvalue weighted by molar-refractivity contribution is 5.23. The molecule has 4 rings (SSSR count). The van der Waals surface area contributed by atoms with E-state index in [1.54, 1.807) is 0 Å². The summed E-state index contributed by atoms with van der Waals surface area (Å²) in [6.07, 6.45) is 7.05. The van der Waals surface area contributed by atoms with Gasteiger partial charge in [0, 0.05) is 0 Å². The third-order valence-electron chi connectivity index (χ3n) is 15.8. The average molecular weight is 525 g/mol. The van der Waals surface area contributed by atoms with E-state index in [1.807, 2.05) is 0 Å². The Bertz CT molecular complexity index is 867. The van der Waals surface area contributed by atoms with Gasteiger partial charge in [0.2, 0.25) is 0 Å². The molecule has 0 saturated heterocycles. The van der Waals surface area contributed by atoms with Crippen LogP contribution in [0.15, 0.2) is 12.2 Å². The molecule has 220 valence electrons. The monoisotopic (exact) mass is 525 g/mol. The van der Waals surface area contributed by atoms with Crippen LogP contribution in [0.4, 0.5) is 0 Å². The zero-order valence-corrected chi connectivity index (χ0v) is 28.3. The van der Waals surface area contributed by atoms with Gasteiger partial charge in [0.05, 0.1) is 0 Å². The van der Waals surface area contributed by atoms with E-state index in [4.69, 9.17) is 0 Å². The van der Waals surface area contributed by atoms with Gasteiger partial charge in [0.1, 0.15) is 0 Å². The van der Waals surface area contributed by atoms with Crippen LogP contribution in [-0.4, -0.2) is 0 Å². The Morgan fingerprint density at radius 1 is 0.842 bits per heavy atom. The van der Waals surface area contributed by atoms with Crippen LogP contribution in [0, 0.1) is 99.1 Å². The lowest BCUT2D eigenvalue weighted by Gasteiger charge is -2.77. The minimum Gasteiger partial charge on any atom is -0.0998 e. The van der Waals surface area contributed by atoms with Crippen molar-refractivity contribution in [2.24, 2.45) is 99.1 Å². The van der Waals surface area contributed by atoms with Gasteiger partial charge in [0.15, 0.2) is 0 Å².